The molecule has 0 aromatic rings. The summed E-state index contributed by atoms with van der Waals surface area (Å²) in [5, 5.41) is 13.0. The lowest BCUT2D eigenvalue weighted by atomic mass is 10.0. The second kappa shape index (κ2) is 5.28. The lowest BCUT2D eigenvalue weighted by Gasteiger charge is -2.19. The predicted octanol–water partition coefficient (Wildman–Crippen LogP) is 1.55. The van der Waals surface area contributed by atoms with Gasteiger partial charge in [0.1, 0.15) is 0 Å². The average Bonchev–Trinajstić information content (AvgIpc) is 2.89. The van der Waals surface area contributed by atoms with E-state index in [1.807, 2.05) is 13.8 Å². The minimum absolute atomic E-state index is 0.510. The van der Waals surface area contributed by atoms with E-state index in [2.05, 4.69) is 5.32 Å². The van der Waals surface area contributed by atoms with Crippen molar-refractivity contribution >= 4 is 0 Å². The number of nitrogens with one attached hydrogen (secondary N) is 1. The van der Waals surface area contributed by atoms with E-state index in [1.165, 1.54) is 19.3 Å². The highest BCUT2D eigenvalue weighted by atomic mass is 16.5. The van der Waals surface area contributed by atoms with Gasteiger partial charge in [0.05, 0.1) is 5.60 Å². The van der Waals surface area contributed by atoms with Crippen molar-refractivity contribution in [3.05, 3.63) is 0 Å². The quantitative estimate of drug-likeness (QED) is 0.604. The second-order valence-corrected chi connectivity index (χ2v) is 5.48. The molecule has 15 heavy (non-hydrogen) atoms. The normalized spacial score (nSPS) is 19.2. The van der Waals surface area contributed by atoms with Crippen molar-refractivity contribution in [2.75, 3.05) is 26.8 Å². The topological polar surface area (TPSA) is 41.5 Å². The van der Waals surface area contributed by atoms with Crippen LogP contribution in [0.3, 0.4) is 0 Å². The molecule has 2 N–H and O–H groups in total. The minimum Gasteiger partial charge on any atom is -0.390 e. The Balaban J connectivity index is 2.05. The number of methoxy groups -OCH3 is 1. The molecule has 0 unspecified atom stereocenters. The molecular formula is C12H25NO2. The summed E-state index contributed by atoms with van der Waals surface area (Å²) < 4.78 is 5.11. The fourth-order valence-corrected chi connectivity index (χ4v) is 1.76. The van der Waals surface area contributed by atoms with Crippen LogP contribution in [0.4, 0.5) is 0 Å². The second-order valence-electron chi connectivity index (χ2n) is 5.48. The molecule has 0 aromatic heterocycles. The molecule has 1 aliphatic carbocycles. The monoisotopic (exact) mass is 215 g/mol. The molecule has 3 nitrogen and oxygen atoms in total. The number of rotatable bonds is 8. The van der Waals surface area contributed by atoms with Crippen LogP contribution in [-0.4, -0.2) is 37.5 Å². The summed E-state index contributed by atoms with van der Waals surface area (Å²) in [5.41, 5.74) is -0.0359. The van der Waals surface area contributed by atoms with Crippen LogP contribution in [0.5, 0.6) is 0 Å². The number of hydrogen-bond donors (Lipinski definition) is 2. The van der Waals surface area contributed by atoms with Crippen molar-refractivity contribution in [3.63, 3.8) is 0 Å². The van der Waals surface area contributed by atoms with Crippen molar-refractivity contribution in [2.45, 2.75) is 45.1 Å². The maximum absolute atomic E-state index is 9.54. The number of aliphatic hydroxyl groups is 1. The molecule has 0 radical (unpaired) electrons. The van der Waals surface area contributed by atoms with E-state index >= 15 is 0 Å². The van der Waals surface area contributed by atoms with Gasteiger partial charge < -0.3 is 15.2 Å². The molecule has 1 fully saturated rings. The van der Waals surface area contributed by atoms with E-state index < -0.39 is 5.60 Å². The van der Waals surface area contributed by atoms with Crippen molar-refractivity contribution in [3.8, 4) is 0 Å². The summed E-state index contributed by atoms with van der Waals surface area (Å²) in [5.74, 6) is 0. The standard InChI is InChI=1S/C12H25NO2/c1-11(2,14)6-8-13-10-12(4-5-12)7-9-15-3/h13-14H,4-10H2,1-3H3. The number of ether oxygens (including phenoxy) is 1. The Kier molecular flexibility index (Phi) is 4.56. The van der Waals surface area contributed by atoms with E-state index in [1.54, 1.807) is 7.11 Å². The van der Waals surface area contributed by atoms with Crippen LogP contribution in [0.25, 0.3) is 0 Å². The van der Waals surface area contributed by atoms with Gasteiger partial charge in [0.2, 0.25) is 0 Å². The zero-order valence-electron chi connectivity index (χ0n) is 10.3. The van der Waals surface area contributed by atoms with Gasteiger partial charge in [-0.15, -0.1) is 0 Å². The molecule has 3 heteroatoms. The van der Waals surface area contributed by atoms with Crippen LogP contribution in [-0.2, 0) is 4.74 Å². The highest BCUT2D eigenvalue weighted by Gasteiger charge is 2.41. The van der Waals surface area contributed by atoms with E-state index in [-0.39, 0.29) is 0 Å². The van der Waals surface area contributed by atoms with Gasteiger partial charge in [0.15, 0.2) is 0 Å². The molecule has 0 bridgehead atoms. The van der Waals surface area contributed by atoms with E-state index in [9.17, 15) is 5.11 Å². The smallest absolute Gasteiger partial charge is 0.0603 e. The van der Waals surface area contributed by atoms with Gasteiger partial charge in [0, 0.05) is 20.3 Å². The van der Waals surface area contributed by atoms with Crippen molar-refractivity contribution in [1.82, 2.24) is 5.32 Å². The molecule has 0 spiro atoms. The minimum atomic E-state index is -0.545. The van der Waals surface area contributed by atoms with E-state index in [0.717, 1.165) is 26.1 Å². The van der Waals surface area contributed by atoms with Gasteiger partial charge in [-0.2, -0.15) is 0 Å². The fourth-order valence-electron chi connectivity index (χ4n) is 1.76. The molecule has 0 heterocycles. The molecule has 0 aromatic carbocycles. The summed E-state index contributed by atoms with van der Waals surface area (Å²) in [4.78, 5) is 0. The van der Waals surface area contributed by atoms with Gasteiger partial charge in [-0.3, -0.25) is 0 Å². The summed E-state index contributed by atoms with van der Waals surface area (Å²) in [7, 11) is 1.76. The van der Waals surface area contributed by atoms with Crippen LogP contribution in [0.1, 0.15) is 39.5 Å². The Labute approximate surface area is 93.2 Å². The van der Waals surface area contributed by atoms with Crippen molar-refractivity contribution < 1.29 is 9.84 Å². The van der Waals surface area contributed by atoms with E-state index in [4.69, 9.17) is 4.74 Å². The van der Waals surface area contributed by atoms with Gasteiger partial charge in [-0.1, -0.05) is 0 Å². The van der Waals surface area contributed by atoms with Gasteiger partial charge in [-0.25, -0.2) is 0 Å². The third-order valence-electron chi connectivity index (χ3n) is 3.21. The van der Waals surface area contributed by atoms with Crippen molar-refractivity contribution in [1.29, 1.82) is 0 Å². The third kappa shape index (κ3) is 5.50. The summed E-state index contributed by atoms with van der Waals surface area (Å²) in [6, 6.07) is 0. The van der Waals surface area contributed by atoms with Gasteiger partial charge >= 0.3 is 0 Å². The Morgan fingerprint density at radius 1 is 1.40 bits per heavy atom. The molecule has 1 rings (SSSR count). The number of hydrogen-bond acceptors (Lipinski definition) is 3. The van der Waals surface area contributed by atoms with Crippen LogP contribution < -0.4 is 5.32 Å². The lowest BCUT2D eigenvalue weighted by molar-refractivity contribution is 0.0705. The fraction of sp³-hybridized carbons (Fsp3) is 1.00. The highest BCUT2D eigenvalue weighted by molar-refractivity contribution is 4.94. The largest absolute Gasteiger partial charge is 0.390 e. The zero-order valence-corrected chi connectivity index (χ0v) is 10.3. The van der Waals surface area contributed by atoms with Crippen LogP contribution >= 0.6 is 0 Å². The SMILES string of the molecule is COCCC1(CNCCC(C)(C)O)CC1. The van der Waals surface area contributed by atoms with Crippen LogP contribution in [0, 0.1) is 5.41 Å². The first-order valence-electron chi connectivity index (χ1n) is 5.90. The van der Waals surface area contributed by atoms with Crippen LogP contribution in [0.2, 0.25) is 0 Å². The first-order chi connectivity index (χ1) is 6.97. The van der Waals surface area contributed by atoms with E-state index in [0.29, 0.717) is 5.41 Å². The summed E-state index contributed by atoms with van der Waals surface area (Å²) >= 11 is 0. The third-order valence-corrected chi connectivity index (χ3v) is 3.21. The molecule has 90 valence electrons. The highest BCUT2D eigenvalue weighted by Crippen LogP contribution is 2.48. The van der Waals surface area contributed by atoms with Gasteiger partial charge in [-0.05, 0) is 51.5 Å². The van der Waals surface area contributed by atoms with Gasteiger partial charge in [0.25, 0.3) is 0 Å². The Hall–Kier alpha value is -0.120. The molecule has 0 amide bonds. The molecular weight excluding hydrogens is 190 g/mol. The Morgan fingerprint density at radius 2 is 2.07 bits per heavy atom. The Bertz CT molecular complexity index is 183. The zero-order chi connectivity index (χ0) is 11.4. The maximum atomic E-state index is 9.54. The maximum Gasteiger partial charge on any atom is 0.0603 e. The molecule has 1 aliphatic rings. The summed E-state index contributed by atoms with van der Waals surface area (Å²) in [6.07, 6.45) is 4.63. The van der Waals surface area contributed by atoms with Crippen molar-refractivity contribution in [2.24, 2.45) is 5.41 Å². The molecule has 0 saturated heterocycles. The molecule has 0 atom stereocenters. The molecule has 0 aliphatic heterocycles. The predicted molar refractivity (Wildman–Crippen MR) is 61.9 cm³/mol. The summed E-state index contributed by atoms with van der Waals surface area (Å²) in [6.45, 7) is 6.55. The first-order valence-corrected chi connectivity index (χ1v) is 5.90. The molecule has 1 saturated carbocycles. The average molecular weight is 215 g/mol. The first kappa shape index (κ1) is 12.9. The lowest BCUT2D eigenvalue weighted by Crippen LogP contribution is -2.31. The van der Waals surface area contributed by atoms with Crippen LogP contribution in [0.15, 0.2) is 0 Å². The Morgan fingerprint density at radius 3 is 2.53 bits per heavy atom.